The summed E-state index contributed by atoms with van der Waals surface area (Å²) in [5.41, 5.74) is -0.719. The van der Waals surface area contributed by atoms with Crippen LogP contribution in [0.25, 0.3) is 0 Å². The number of methoxy groups -OCH3 is 1. The number of amides is 2. The average Bonchev–Trinajstić information content (AvgIpc) is 3.01. The van der Waals surface area contributed by atoms with Gasteiger partial charge in [0.2, 0.25) is 5.91 Å². The van der Waals surface area contributed by atoms with Crippen molar-refractivity contribution in [2.75, 3.05) is 12.4 Å². The number of carbonyl (C=O) groups is 2. The number of anilines is 1. The summed E-state index contributed by atoms with van der Waals surface area (Å²) in [5, 5.41) is 5.81. The van der Waals surface area contributed by atoms with Crippen LogP contribution in [-0.2, 0) is 14.3 Å². The molecule has 2 amide bonds. The van der Waals surface area contributed by atoms with Crippen molar-refractivity contribution < 1.29 is 19.1 Å². The van der Waals surface area contributed by atoms with Crippen molar-refractivity contribution in [3.8, 4) is 0 Å². The number of rotatable bonds is 9. The van der Waals surface area contributed by atoms with Gasteiger partial charge in [-0.1, -0.05) is 6.92 Å². The van der Waals surface area contributed by atoms with E-state index in [1.54, 1.807) is 41.0 Å². The fourth-order valence-electron chi connectivity index (χ4n) is 2.41. The zero-order chi connectivity index (χ0) is 21.5. The Bertz CT molecular complexity index is 652. The van der Waals surface area contributed by atoms with Gasteiger partial charge in [-0.3, -0.25) is 4.79 Å². The summed E-state index contributed by atoms with van der Waals surface area (Å²) in [6.07, 6.45) is 4.25. The SMILES string of the molecule is COC(C)(C)CCCC(C)c1cnc(NC(=O)C(C)NC(=O)OC(C)(C)C)s1. The number of nitrogens with zero attached hydrogens (tertiary/aromatic N) is 1. The summed E-state index contributed by atoms with van der Waals surface area (Å²) in [5.74, 6) is 0.0226. The van der Waals surface area contributed by atoms with Crippen LogP contribution in [0.4, 0.5) is 9.93 Å². The molecule has 0 spiro atoms. The van der Waals surface area contributed by atoms with Gasteiger partial charge in [0.1, 0.15) is 11.6 Å². The topological polar surface area (TPSA) is 89.5 Å². The molecule has 28 heavy (non-hydrogen) atoms. The number of hydrogen-bond acceptors (Lipinski definition) is 6. The van der Waals surface area contributed by atoms with Crippen molar-refractivity contribution in [2.24, 2.45) is 0 Å². The first-order valence-corrected chi connectivity index (χ1v) is 10.5. The molecule has 0 aromatic carbocycles. The maximum absolute atomic E-state index is 12.3. The van der Waals surface area contributed by atoms with Gasteiger partial charge in [0.15, 0.2) is 5.13 Å². The Morgan fingerprint density at radius 3 is 2.43 bits per heavy atom. The van der Waals surface area contributed by atoms with Crippen molar-refractivity contribution in [2.45, 2.75) is 90.9 Å². The summed E-state index contributed by atoms with van der Waals surface area (Å²) in [4.78, 5) is 29.5. The van der Waals surface area contributed by atoms with Crippen molar-refractivity contribution >= 4 is 28.5 Å². The Kier molecular flexibility index (Phi) is 8.88. The van der Waals surface area contributed by atoms with Crippen LogP contribution in [0.2, 0.25) is 0 Å². The van der Waals surface area contributed by atoms with E-state index >= 15 is 0 Å². The van der Waals surface area contributed by atoms with Crippen molar-refractivity contribution in [1.29, 1.82) is 0 Å². The Labute approximate surface area is 172 Å². The predicted octanol–water partition coefficient (Wildman–Crippen LogP) is 4.69. The van der Waals surface area contributed by atoms with Gasteiger partial charge in [-0.15, -0.1) is 11.3 Å². The molecule has 0 bridgehead atoms. The molecule has 2 unspecified atom stereocenters. The largest absolute Gasteiger partial charge is 0.444 e. The third-order valence-electron chi connectivity index (χ3n) is 4.33. The molecule has 1 aromatic rings. The minimum atomic E-state index is -0.726. The van der Waals surface area contributed by atoms with E-state index in [4.69, 9.17) is 9.47 Å². The molecule has 160 valence electrons. The standard InChI is InChI=1S/C20H35N3O4S/c1-13(10-9-11-20(6,7)26-8)15-12-21-17(28-15)23-16(24)14(2)22-18(25)27-19(3,4)5/h12-14H,9-11H2,1-8H3,(H,22,25)(H,21,23,24). The highest BCUT2D eigenvalue weighted by Crippen LogP contribution is 2.30. The number of carbonyl (C=O) groups excluding carboxylic acids is 2. The van der Waals surface area contributed by atoms with Gasteiger partial charge in [-0.25, -0.2) is 9.78 Å². The summed E-state index contributed by atoms with van der Waals surface area (Å²) in [6.45, 7) is 13.2. The Balaban J connectivity index is 2.50. The minimum Gasteiger partial charge on any atom is -0.444 e. The normalized spacial score (nSPS) is 14.3. The second-order valence-corrected chi connectivity index (χ2v) is 9.74. The Hall–Kier alpha value is -1.67. The molecule has 0 aliphatic rings. The molecule has 1 heterocycles. The quantitative estimate of drug-likeness (QED) is 0.613. The zero-order valence-electron chi connectivity index (χ0n) is 18.3. The molecule has 2 atom stereocenters. The molecule has 1 aromatic heterocycles. The number of aromatic nitrogens is 1. The van der Waals surface area contributed by atoms with Crippen molar-refractivity contribution in [3.63, 3.8) is 0 Å². The number of thiazole rings is 1. The number of alkyl carbamates (subject to hydrolysis) is 1. The molecule has 8 heteroatoms. The molecule has 0 saturated carbocycles. The van der Waals surface area contributed by atoms with Gasteiger partial charge in [-0.2, -0.15) is 0 Å². The van der Waals surface area contributed by atoms with E-state index in [0.29, 0.717) is 11.0 Å². The van der Waals surface area contributed by atoms with Crippen LogP contribution in [0.1, 0.15) is 78.5 Å². The highest BCUT2D eigenvalue weighted by atomic mass is 32.1. The first-order valence-electron chi connectivity index (χ1n) is 9.64. The van der Waals surface area contributed by atoms with E-state index in [1.807, 2.05) is 0 Å². The maximum atomic E-state index is 12.3. The predicted molar refractivity (Wildman–Crippen MR) is 113 cm³/mol. The lowest BCUT2D eigenvalue weighted by atomic mass is 9.96. The van der Waals surface area contributed by atoms with E-state index in [2.05, 4.69) is 36.4 Å². The number of hydrogen-bond donors (Lipinski definition) is 2. The van der Waals surface area contributed by atoms with Crippen molar-refractivity contribution in [1.82, 2.24) is 10.3 Å². The zero-order valence-corrected chi connectivity index (χ0v) is 19.2. The highest BCUT2D eigenvalue weighted by molar-refractivity contribution is 7.15. The van der Waals surface area contributed by atoms with Gasteiger partial charge in [0.05, 0.1) is 5.60 Å². The summed E-state index contributed by atoms with van der Waals surface area (Å²) >= 11 is 1.46. The first-order chi connectivity index (χ1) is 12.8. The van der Waals surface area contributed by atoms with Crippen LogP contribution in [0, 0.1) is 0 Å². The van der Waals surface area contributed by atoms with Gasteiger partial charge in [0, 0.05) is 18.2 Å². The fraction of sp³-hybridized carbons (Fsp3) is 0.750. The summed E-state index contributed by atoms with van der Waals surface area (Å²) in [6, 6.07) is -0.726. The molecule has 0 fully saturated rings. The lowest BCUT2D eigenvalue weighted by Gasteiger charge is -2.23. The van der Waals surface area contributed by atoms with Gasteiger partial charge >= 0.3 is 6.09 Å². The van der Waals surface area contributed by atoms with Gasteiger partial charge < -0.3 is 20.1 Å². The monoisotopic (exact) mass is 413 g/mol. The minimum absolute atomic E-state index is 0.107. The maximum Gasteiger partial charge on any atom is 0.408 e. The third-order valence-corrected chi connectivity index (χ3v) is 5.48. The van der Waals surface area contributed by atoms with Gasteiger partial charge in [-0.05, 0) is 66.7 Å². The molecule has 0 aliphatic carbocycles. The fourth-order valence-corrected chi connectivity index (χ4v) is 3.32. The number of nitrogens with one attached hydrogen (secondary N) is 2. The van der Waals surface area contributed by atoms with E-state index in [9.17, 15) is 9.59 Å². The molecule has 0 saturated heterocycles. The van der Waals surface area contributed by atoms with Crippen LogP contribution >= 0.6 is 11.3 Å². The van der Waals surface area contributed by atoms with E-state index in [1.165, 1.54) is 11.3 Å². The Morgan fingerprint density at radius 2 is 1.86 bits per heavy atom. The average molecular weight is 414 g/mol. The summed E-state index contributed by atoms with van der Waals surface area (Å²) < 4.78 is 10.6. The molecule has 0 radical (unpaired) electrons. The van der Waals surface area contributed by atoms with E-state index in [-0.39, 0.29) is 11.5 Å². The molecule has 7 nitrogen and oxygen atoms in total. The molecular formula is C20H35N3O4S. The first kappa shape index (κ1) is 24.4. The molecule has 1 rings (SSSR count). The Morgan fingerprint density at radius 1 is 1.21 bits per heavy atom. The molecule has 0 aliphatic heterocycles. The second kappa shape index (κ2) is 10.2. The second-order valence-electron chi connectivity index (χ2n) is 8.68. The smallest absolute Gasteiger partial charge is 0.408 e. The molecule has 2 N–H and O–H groups in total. The van der Waals surface area contributed by atoms with Crippen LogP contribution in [-0.4, -0.2) is 41.3 Å². The van der Waals surface area contributed by atoms with Crippen molar-refractivity contribution in [3.05, 3.63) is 11.1 Å². The van der Waals surface area contributed by atoms with Crippen LogP contribution < -0.4 is 10.6 Å². The summed E-state index contributed by atoms with van der Waals surface area (Å²) in [7, 11) is 1.74. The lowest BCUT2D eigenvalue weighted by molar-refractivity contribution is -0.117. The van der Waals surface area contributed by atoms with E-state index in [0.717, 1.165) is 24.1 Å². The molecular weight excluding hydrogens is 378 g/mol. The van der Waals surface area contributed by atoms with Crippen LogP contribution in [0.15, 0.2) is 6.20 Å². The van der Waals surface area contributed by atoms with Crippen LogP contribution in [0.3, 0.4) is 0 Å². The highest BCUT2D eigenvalue weighted by Gasteiger charge is 2.22. The third kappa shape index (κ3) is 9.01. The van der Waals surface area contributed by atoms with E-state index < -0.39 is 17.7 Å². The van der Waals surface area contributed by atoms with Crippen LogP contribution in [0.5, 0.6) is 0 Å². The van der Waals surface area contributed by atoms with Gasteiger partial charge in [0.25, 0.3) is 0 Å². The lowest BCUT2D eigenvalue weighted by Crippen LogP contribution is -2.43. The number of ether oxygens (including phenoxy) is 2.